The molecule has 0 aliphatic rings. The van der Waals surface area contributed by atoms with E-state index in [2.05, 4.69) is 5.48 Å². The van der Waals surface area contributed by atoms with Gasteiger partial charge in [-0.1, -0.05) is 48.5 Å². The number of hydrogen-bond acceptors (Lipinski definition) is 3. The monoisotopic (exact) mass is 241 g/mol. The third kappa shape index (κ3) is 3.19. The predicted molar refractivity (Wildman–Crippen MR) is 69.0 cm³/mol. The number of nitrogens with one attached hydrogen (secondary N) is 1. The van der Waals surface area contributed by atoms with Crippen LogP contribution in [0.1, 0.15) is 10.4 Å². The van der Waals surface area contributed by atoms with Gasteiger partial charge >= 0.3 is 7.12 Å². The zero-order valence-electron chi connectivity index (χ0n) is 9.61. The largest absolute Gasteiger partial charge is 0.514 e. The molecule has 0 spiro atoms. The highest BCUT2D eigenvalue weighted by Gasteiger charge is 2.17. The van der Waals surface area contributed by atoms with Crippen LogP contribution in [0.5, 0.6) is 0 Å². The summed E-state index contributed by atoms with van der Waals surface area (Å²) in [5.41, 5.74) is 3.25. The molecule has 18 heavy (non-hydrogen) atoms. The Balaban J connectivity index is 1.91. The van der Waals surface area contributed by atoms with Crippen LogP contribution in [0.4, 0.5) is 0 Å². The molecule has 4 nitrogen and oxygen atoms in total. The van der Waals surface area contributed by atoms with Crippen molar-refractivity contribution in [3.05, 3.63) is 66.2 Å². The van der Waals surface area contributed by atoms with E-state index in [9.17, 15) is 9.82 Å². The summed E-state index contributed by atoms with van der Waals surface area (Å²) in [5.74, 6) is -0.398. The van der Waals surface area contributed by atoms with Gasteiger partial charge in [0.2, 0.25) is 0 Å². The standard InChI is InChI=1S/C13H12BNO3/c16-13(11-7-3-1-4-8-11)15-18-14(17)12-9-5-2-6-10-12/h1-10,17H,(H,15,16). The number of hydrogen-bond donors (Lipinski definition) is 2. The third-order valence-corrected chi connectivity index (χ3v) is 2.38. The van der Waals surface area contributed by atoms with Crippen molar-refractivity contribution < 1.29 is 14.6 Å². The van der Waals surface area contributed by atoms with Gasteiger partial charge in [0.1, 0.15) is 0 Å². The van der Waals surface area contributed by atoms with Gasteiger partial charge in [-0.05, 0) is 17.6 Å². The number of hydroxylamine groups is 1. The van der Waals surface area contributed by atoms with E-state index in [1.54, 1.807) is 48.5 Å². The first kappa shape index (κ1) is 12.4. The maximum absolute atomic E-state index is 11.6. The molecule has 2 aromatic carbocycles. The smallest absolute Gasteiger partial charge is 0.422 e. The predicted octanol–water partition coefficient (Wildman–Crippen LogP) is 0.736. The molecule has 0 radical (unpaired) electrons. The van der Waals surface area contributed by atoms with Crippen LogP contribution in [0.2, 0.25) is 0 Å². The Bertz CT molecular complexity index is 504. The summed E-state index contributed by atoms with van der Waals surface area (Å²) in [6.07, 6.45) is 0. The highest BCUT2D eigenvalue weighted by atomic mass is 16.7. The molecule has 90 valence electrons. The molecule has 0 unspecified atom stereocenters. The summed E-state index contributed by atoms with van der Waals surface area (Å²) < 4.78 is 4.90. The Morgan fingerprint density at radius 2 is 1.56 bits per heavy atom. The van der Waals surface area contributed by atoms with E-state index in [0.717, 1.165) is 0 Å². The lowest BCUT2D eigenvalue weighted by atomic mass is 9.80. The fourth-order valence-corrected chi connectivity index (χ4v) is 1.44. The van der Waals surface area contributed by atoms with Crippen LogP contribution in [0.25, 0.3) is 0 Å². The van der Waals surface area contributed by atoms with Gasteiger partial charge in [-0.3, -0.25) is 9.55 Å². The second-order valence-electron chi connectivity index (χ2n) is 3.68. The first-order valence-corrected chi connectivity index (χ1v) is 5.51. The van der Waals surface area contributed by atoms with Crippen LogP contribution in [0.3, 0.4) is 0 Å². The molecule has 2 N–H and O–H groups in total. The molecule has 2 aromatic rings. The highest BCUT2D eigenvalue weighted by molar-refractivity contribution is 6.59. The van der Waals surface area contributed by atoms with Gasteiger partial charge in [0, 0.05) is 5.56 Å². The fourth-order valence-electron chi connectivity index (χ4n) is 1.44. The van der Waals surface area contributed by atoms with Crippen molar-refractivity contribution >= 4 is 18.5 Å². The molecule has 0 fully saturated rings. The van der Waals surface area contributed by atoms with Crippen LogP contribution < -0.4 is 10.9 Å². The summed E-state index contributed by atoms with van der Waals surface area (Å²) in [6.45, 7) is 0. The lowest BCUT2D eigenvalue weighted by Gasteiger charge is -2.08. The van der Waals surface area contributed by atoms with Crippen molar-refractivity contribution in [3.8, 4) is 0 Å². The summed E-state index contributed by atoms with van der Waals surface area (Å²) in [7, 11) is -1.18. The zero-order chi connectivity index (χ0) is 12.8. The molecule has 0 bridgehead atoms. The molecule has 0 aromatic heterocycles. The molecular formula is C13H12BNO3. The van der Waals surface area contributed by atoms with Crippen LogP contribution in [-0.4, -0.2) is 18.0 Å². The van der Waals surface area contributed by atoms with Crippen molar-refractivity contribution in [2.24, 2.45) is 0 Å². The molecule has 1 amide bonds. The average Bonchev–Trinajstić information content (AvgIpc) is 2.46. The number of carbonyl (C=O) groups excluding carboxylic acids is 1. The van der Waals surface area contributed by atoms with E-state index >= 15 is 0 Å². The van der Waals surface area contributed by atoms with Crippen molar-refractivity contribution in [2.45, 2.75) is 0 Å². The van der Waals surface area contributed by atoms with Crippen LogP contribution in [-0.2, 0) is 4.76 Å². The van der Waals surface area contributed by atoms with Crippen LogP contribution in [0, 0.1) is 0 Å². The first-order chi connectivity index (χ1) is 8.77. The summed E-state index contributed by atoms with van der Waals surface area (Å²) in [5, 5.41) is 9.68. The molecule has 0 aliphatic carbocycles. The highest BCUT2D eigenvalue weighted by Crippen LogP contribution is 1.97. The Labute approximate surface area is 105 Å². The molecule has 0 saturated heterocycles. The topological polar surface area (TPSA) is 58.6 Å². The van der Waals surface area contributed by atoms with E-state index < -0.39 is 13.0 Å². The maximum atomic E-state index is 11.6. The second kappa shape index (κ2) is 6.00. The Kier molecular flexibility index (Phi) is 4.12. The maximum Gasteiger partial charge on any atom is 0.514 e. The SMILES string of the molecule is O=C(NOB(O)c1ccccc1)c1ccccc1. The Morgan fingerprint density at radius 3 is 2.17 bits per heavy atom. The average molecular weight is 241 g/mol. The number of amides is 1. The summed E-state index contributed by atoms with van der Waals surface area (Å²) >= 11 is 0. The minimum absolute atomic E-state index is 0.398. The minimum atomic E-state index is -1.18. The molecule has 0 atom stereocenters. The quantitative estimate of drug-likeness (QED) is 0.613. The van der Waals surface area contributed by atoms with Gasteiger partial charge in [-0.25, -0.2) is 5.48 Å². The number of benzene rings is 2. The van der Waals surface area contributed by atoms with E-state index in [1.807, 2.05) is 12.1 Å². The lowest BCUT2D eigenvalue weighted by Crippen LogP contribution is -2.40. The van der Waals surface area contributed by atoms with Crippen LogP contribution >= 0.6 is 0 Å². The second-order valence-corrected chi connectivity index (χ2v) is 3.68. The van der Waals surface area contributed by atoms with Crippen molar-refractivity contribution in [1.29, 1.82) is 0 Å². The third-order valence-electron chi connectivity index (χ3n) is 2.38. The van der Waals surface area contributed by atoms with Crippen molar-refractivity contribution in [2.75, 3.05) is 0 Å². The van der Waals surface area contributed by atoms with Gasteiger partial charge in [-0.2, -0.15) is 0 Å². The number of rotatable bonds is 4. The summed E-state index contributed by atoms with van der Waals surface area (Å²) in [6, 6.07) is 17.4. The molecule has 0 aliphatic heterocycles. The fraction of sp³-hybridized carbons (Fsp3) is 0. The van der Waals surface area contributed by atoms with Gasteiger partial charge < -0.3 is 5.02 Å². The first-order valence-electron chi connectivity index (χ1n) is 5.51. The molecular weight excluding hydrogens is 229 g/mol. The molecule has 5 heteroatoms. The molecule has 0 heterocycles. The van der Waals surface area contributed by atoms with Crippen molar-refractivity contribution in [3.63, 3.8) is 0 Å². The van der Waals surface area contributed by atoms with Gasteiger partial charge in [0.05, 0.1) is 0 Å². The van der Waals surface area contributed by atoms with Gasteiger partial charge in [0.25, 0.3) is 5.91 Å². The molecule has 2 rings (SSSR count). The summed E-state index contributed by atoms with van der Waals surface area (Å²) in [4.78, 5) is 11.6. The molecule has 0 saturated carbocycles. The van der Waals surface area contributed by atoms with Crippen LogP contribution in [0.15, 0.2) is 60.7 Å². The zero-order valence-corrected chi connectivity index (χ0v) is 9.61. The van der Waals surface area contributed by atoms with Gasteiger partial charge in [0.15, 0.2) is 0 Å². The minimum Gasteiger partial charge on any atom is -0.422 e. The van der Waals surface area contributed by atoms with E-state index in [4.69, 9.17) is 4.76 Å². The van der Waals surface area contributed by atoms with Crippen molar-refractivity contribution in [1.82, 2.24) is 5.48 Å². The van der Waals surface area contributed by atoms with E-state index in [1.165, 1.54) is 0 Å². The Morgan fingerprint density at radius 1 is 1.00 bits per heavy atom. The lowest BCUT2D eigenvalue weighted by molar-refractivity contribution is 0.0722. The van der Waals surface area contributed by atoms with E-state index in [0.29, 0.717) is 11.0 Å². The van der Waals surface area contributed by atoms with E-state index in [-0.39, 0.29) is 0 Å². The van der Waals surface area contributed by atoms with Gasteiger partial charge in [-0.15, -0.1) is 0 Å². The number of carbonyl (C=O) groups is 1. The Hall–Kier alpha value is -2.11. The normalized spacial score (nSPS) is 9.83.